The monoisotopic (exact) mass is 437 g/mol. The molecule has 3 aromatic carbocycles. The first kappa shape index (κ1) is 20.0. The summed E-state index contributed by atoms with van der Waals surface area (Å²) in [5.41, 5.74) is 6.85. The van der Waals surface area contributed by atoms with Crippen molar-refractivity contribution in [2.24, 2.45) is 5.10 Å². The SMILES string of the molecule is O=C(O)c1ccc(NN=Cc2cn(Cc3ccc(Cl)cc3Cl)c3ccccc23)cc1. The molecule has 4 rings (SSSR count). The van der Waals surface area contributed by atoms with Gasteiger partial charge < -0.3 is 9.67 Å². The molecule has 0 fully saturated rings. The van der Waals surface area contributed by atoms with E-state index in [4.69, 9.17) is 28.3 Å². The van der Waals surface area contributed by atoms with Crippen molar-refractivity contribution in [3.63, 3.8) is 0 Å². The molecule has 0 saturated carbocycles. The van der Waals surface area contributed by atoms with Crippen LogP contribution >= 0.6 is 23.2 Å². The first-order chi connectivity index (χ1) is 14.5. The van der Waals surface area contributed by atoms with Gasteiger partial charge in [0.2, 0.25) is 0 Å². The van der Waals surface area contributed by atoms with Crippen molar-refractivity contribution in [1.29, 1.82) is 0 Å². The Morgan fingerprint density at radius 1 is 1.07 bits per heavy atom. The number of hydrazone groups is 1. The third-order valence-corrected chi connectivity index (χ3v) is 5.29. The fourth-order valence-electron chi connectivity index (χ4n) is 3.21. The van der Waals surface area contributed by atoms with Crippen molar-refractivity contribution in [3.05, 3.63) is 99.7 Å². The Balaban J connectivity index is 1.58. The van der Waals surface area contributed by atoms with Gasteiger partial charge in [0.05, 0.1) is 17.5 Å². The molecule has 0 aliphatic rings. The first-order valence-electron chi connectivity index (χ1n) is 9.15. The summed E-state index contributed by atoms with van der Waals surface area (Å²) in [6.07, 6.45) is 3.77. The van der Waals surface area contributed by atoms with Crippen LogP contribution in [-0.4, -0.2) is 21.9 Å². The topological polar surface area (TPSA) is 66.6 Å². The third kappa shape index (κ3) is 4.32. The van der Waals surface area contributed by atoms with Gasteiger partial charge in [-0.15, -0.1) is 0 Å². The fourth-order valence-corrected chi connectivity index (χ4v) is 3.67. The maximum absolute atomic E-state index is 10.9. The van der Waals surface area contributed by atoms with Gasteiger partial charge in [0, 0.05) is 39.3 Å². The molecule has 0 aliphatic heterocycles. The molecule has 2 N–H and O–H groups in total. The largest absolute Gasteiger partial charge is 0.478 e. The molecule has 30 heavy (non-hydrogen) atoms. The molecule has 0 amide bonds. The minimum absolute atomic E-state index is 0.230. The molecule has 7 heteroatoms. The molecule has 5 nitrogen and oxygen atoms in total. The normalized spacial score (nSPS) is 11.3. The molecule has 4 aromatic rings. The molecule has 0 unspecified atom stereocenters. The van der Waals surface area contributed by atoms with Crippen molar-refractivity contribution in [2.75, 3.05) is 5.43 Å². The second-order valence-corrected chi connectivity index (χ2v) is 7.56. The predicted octanol–water partition coefficient (Wildman–Crippen LogP) is 6.14. The number of carboxylic acids is 1. The second kappa shape index (κ2) is 8.61. The van der Waals surface area contributed by atoms with E-state index in [-0.39, 0.29) is 5.56 Å². The van der Waals surface area contributed by atoms with Crippen molar-refractivity contribution < 1.29 is 9.90 Å². The molecule has 0 saturated heterocycles. The summed E-state index contributed by atoms with van der Waals surface area (Å²) in [5, 5.41) is 15.6. The van der Waals surface area contributed by atoms with Crippen LogP contribution < -0.4 is 5.43 Å². The summed E-state index contributed by atoms with van der Waals surface area (Å²) in [6, 6.07) is 20.0. The van der Waals surface area contributed by atoms with Crippen LogP contribution in [0.1, 0.15) is 21.5 Å². The van der Waals surface area contributed by atoms with E-state index in [1.54, 1.807) is 24.4 Å². The second-order valence-electron chi connectivity index (χ2n) is 6.72. The Labute approximate surface area is 183 Å². The third-order valence-electron chi connectivity index (χ3n) is 4.70. The highest BCUT2D eigenvalue weighted by Gasteiger charge is 2.09. The standard InChI is InChI=1S/C23H17Cl2N3O2/c24-18-8-5-16(21(25)11-18)13-28-14-17(20-3-1-2-4-22(20)28)12-26-27-19-9-6-15(7-10-19)23(29)30/h1-12,14,27H,13H2,(H,29,30). The van der Waals surface area contributed by atoms with E-state index in [2.05, 4.69) is 21.2 Å². The number of carbonyl (C=O) groups is 1. The highest BCUT2D eigenvalue weighted by atomic mass is 35.5. The molecule has 1 heterocycles. The van der Waals surface area contributed by atoms with Crippen molar-refractivity contribution in [3.8, 4) is 0 Å². The highest BCUT2D eigenvalue weighted by Crippen LogP contribution is 2.25. The van der Waals surface area contributed by atoms with Crippen LogP contribution in [0.2, 0.25) is 10.0 Å². The Hall–Kier alpha value is -3.28. The number of fused-ring (bicyclic) bond motifs is 1. The minimum Gasteiger partial charge on any atom is -0.478 e. The smallest absolute Gasteiger partial charge is 0.335 e. The van der Waals surface area contributed by atoms with E-state index >= 15 is 0 Å². The summed E-state index contributed by atoms with van der Waals surface area (Å²) in [7, 11) is 0. The number of halogens is 2. The van der Waals surface area contributed by atoms with Crippen molar-refractivity contribution >= 4 is 52.0 Å². The van der Waals surface area contributed by atoms with Gasteiger partial charge in [0.25, 0.3) is 0 Å². The fraction of sp³-hybridized carbons (Fsp3) is 0.0435. The number of rotatable bonds is 6. The Morgan fingerprint density at radius 3 is 2.57 bits per heavy atom. The lowest BCUT2D eigenvalue weighted by Gasteiger charge is -2.08. The van der Waals surface area contributed by atoms with Crippen LogP contribution in [-0.2, 0) is 6.54 Å². The Morgan fingerprint density at radius 2 is 1.83 bits per heavy atom. The van der Waals surface area contributed by atoms with Crippen LogP contribution in [0.15, 0.2) is 78.0 Å². The Kier molecular flexibility index (Phi) is 5.74. The summed E-state index contributed by atoms with van der Waals surface area (Å²) >= 11 is 12.4. The number of aromatic nitrogens is 1. The van der Waals surface area contributed by atoms with Crippen LogP contribution in [0.4, 0.5) is 5.69 Å². The van der Waals surface area contributed by atoms with E-state index in [0.29, 0.717) is 22.3 Å². The number of aromatic carboxylic acids is 1. The molecule has 0 radical (unpaired) electrons. The zero-order valence-electron chi connectivity index (χ0n) is 15.7. The minimum atomic E-state index is -0.960. The quantitative estimate of drug-likeness (QED) is 0.281. The zero-order valence-corrected chi connectivity index (χ0v) is 17.2. The van der Waals surface area contributed by atoms with E-state index in [1.165, 1.54) is 12.1 Å². The maximum atomic E-state index is 10.9. The number of hydrogen-bond donors (Lipinski definition) is 2. The van der Waals surface area contributed by atoms with Gasteiger partial charge in [-0.1, -0.05) is 47.5 Å². The summed E-state index contributed by atoms with van der Waals surface area (Å²) in [4.78, 5) is 10.9. The van der Waals surface area contributed by atoms with Crippen molar-refractivity contribution in [1.82, 2.24) is 4.57 Å². The molecular weight excluding hydrogens is 421 g/mol. The average Bonchev–Trinajstić information content (AvgIpc) is 3.08. The average molecular weight is 438 g/mol. The summed E-state index contributed by atoms with van der Waals surface area (Å²) in [6.45, 7) is 0.606. The lowest BCUT2D eigenvalue weighted by atomic mass is 10.2. The molecule has 0 aliphatic carbocycles. The van der Waals surface area contributed by atoms with E-state index < -0.39 is 5.97 Å². The molecule has 1 aromatic heterocycles. The number of carboxylic acid groups (broad SMARTS) is 1. The Bertz CT molecular complexity index is 1250. The van der Waals surface area contributed by atoms with Crippen LogP contribution in [0.25, 0.3) is 10.9 Å². The zero-order chi connectivity index (χ0) is 21.1. The number of nitrogens with zero attached hydrogens (tertiary/aromatic N) is 2. The van der Waals surface area contributed by atoms with Gasteiger partial charge in [-0.25, -0.2) is 4.79 Å². The number of hydrogen-bond acceptors (Lipinski definition) is 3. The van der Waals surface area contributed by atoms with Gasteiger partial charge in [-0.05, 0) is 48.0 Å². The number of benzene rings is 3. The van der Waals surface area contributed by atoms with Gasteiger partial charge in [0.1, 0.15) is 0 Å². The lowest BCUT2D eigenvalue weighted by molar-refractivity contribution is 0.0697. The van der Waals surface area contributed by atoms with Gasteiger partial charge >= 0.3 is 5.97 Å². The number of anilines is 1. The highest BCUT2D eigenvalue weighted by molar-refractivity contribution is 6.35. The number of para-hydroxylation sites is 1. The lowest BCUT2D eigenvalue weighted by Crippen LogP contribution is -1.98. The van der Waals surface area contributed by atoms with E-state index in [9.17, 15) is 4.79 Å². The van der Waals surface area contributed by atoms with Crippen molar-refractivity contribution in [2.45, 2.75) is 6.54 Å². The number of nitrogens with one attached hydrogen (secondary N) is 1. The molecule has 0 spiro atoms. The molecular formula is C23H17Cl2N3O2. The first-order valence-corrected chi connectivity index (χ1v) is 9.91. The van der Waals surface area contributed by atoms with Gasteiger partial charge in [-0.2, -0.15) is 5.10 Å². The van der Waals surface area contributed by atoms with Crippen LogP contribution in [0.3, 0.4) is 0 Å². The van der Waals surface area contributed by atoms with E-state index in [0.717, 1.165) is 22.0 Å². The molecule has 0 atom stereocenters. The van der Waals surface area contributed by atoms with Gasteiger partial charge in [0.15, 0.2) is 0 Å². The van der Waals surface area contributed by atoms with Crippen LogP contribution in [0, 0.1) is 0 Å². The summed E-state index contributed by atoms with van der Waals surface area (Å²) < 4.78 is 2.12. The van der Waals surface area contributed by atoms with E-state index in [1.807, 2.05) is 36.5 Å². The summed E-state index contributed by atoms with van der Waals surface area (Å²) in [5.74, 6) is -0.960. The van der Waals surface area contributed by atoms with Crippen LogP contribution in [0.5, 0.6) is 0 Å². The molecule has 150 valence electrons. The maximum Gasteiger partial charge on any atom is 0.335 e. The van der Waals surface area contributed by atoms with Gasteiger partial charge in [-0.3, -0.25) is 5.43 Å². The predicted molar refractivity (Wildman–Crippen MR) is 122 cm³/mol. The molecule has 0 bridgehead atoms.